The molecule has 13 nitrogen and oxygen atoms in total. The molecule has 13 heteroatoms. The van der Waals surface area contributed by atoms with Gasteiger partial charge in [0, 0.05) is 41.7 Å². The van der Waals surface area contributed by atoms with Gasteiger partial charge in [0.2, 0.25) is 11.8 Å². The van der Waals surface area contributed by atoms with E-state index in [9.17, 15) is 19.5 Å². The maximum atomic E-state index is 12.4. The minimum absolute atomic E-state index is 0.0526. The Morgan fingerprint density at radius 3 is 2.45 bits per heavy atom. The monoisotopic (exact) mass is 586 g/mol. The van der Waals surface area contributed by atoms with Crippen LogP contribution in [0.2, 0.25) is 0 Å². The number of carbonyl (C=O) groups excluding carboxylic acids is 2. The van der Waals surface area contributed by atoms with Gasteiger partial charge in [0.05, 0.1) is 30.8 Å². The molecule has 10 N–H and O–H groups in total. The summed E-state index contributed by atoms with van der Waals surface area (Å²) in [7, 11) is 1.62. The zero-order valence-electron chi connectivity index (χ0n) is 25.2. The highest BCUT2D eigenvalue weighted by atomic mass is 16.5. The molecule has 42 heavy (non-hydrogen) atoms. The summed E-state index contributed by atoms with van der Waals surface area (Å²) in [6.07, 6.45) is 1.67. The zero-order valence-corrected chi connectivity index (χ0v) is 25.2. The summed E-state index contributed by atoms with van der Waals surface area (Å²) in [5.74, 6) is -1.80. The van der Waals surface area contributed by atoms with E-state index in [1.54, 1.807) is 7.11 Å². The SMILES string of the molecule is COc1cc(NC(C)CCCNC(=O)CC(NC(=O)[C@@H](N)CCCN=C(N)N)C(=O)O)c2nc(C(C)(C)C)ccc2c1. The van der Waals surface area contributed by atoms with E-state index in [2.05, 4.69) is 41.7 Å². The average Bonchev–Trinajstić information content (AvgIpc) is 2.91. The molecule has 0 saturated heterocycles. The van der Waals surface area contributed by atoms with Gasteiger partial charge in [0.15, 0.2) is 5.96 Å². The molecule has 2 aromatic rings. The van der Waals surface area contributed by atoms with E-state index in [1.165, 1.54) is 0 Å². The van der Waals surface area contributed by atoms with Gasteiger partial charge in [-0.15, -0.1) is 0 Å². The molecular formula is C29H46N8O5. The van der Waals surface area contributed by atoms with Crippen molar-refractivity contribution in [3.8, 4) is 5.75 Å². The van der Waals surface area contributed by atoms with E-state index in [4.69, 9.17) is 26.9 Å². The number of pyridine rings is 1. The molecule has 1 aromatic carbocycles. The molecular weight excluding hydrogens is 540 g/mol. The van der Waals surface area contributed by atoms with Crippen LogP contribution in [0.15, 0.2) is 29.3 Å². The van der Waals surface area contributed by atoms with Gasteiger partial charge in [-0.05, 0) is 44.7 Å². The number of benzene rings is 1. The Kier molecular flexibility index (Phi) is 12.8. The summed E-state index contributed by atoms with van der Waals surface area (Å²) in [6.45, 7) is 9.05. The van der Waals surface area contributed by atoms with Crippen LogP contribution in [-0.4, -0.2) is 72.2 Å². The molecule has 2 rings (SSSR count). The third-order valence-electron chi connectivity index (χ3n) is 6.62. The summed E-state index contributed by atoms with van der Waals surface area (Å²) < 4.78 is 5.48. The number of nitrogens with two attached hydrogens (primary N) is 3. The first-order chi connectivity index (χ1) is 19.7. The number of guanidine groups is 1. The predicted octanol–water partition coefficient (Wildman–Crippen LogP) is 1.58. The molecule has 0 bridgehead atoms. The lowest BCUT2D eigenvalue weighted by Crippen LogP contribution is -2.50. The van der Waals surface area contributed by atoms with E-state index in [1.807, 2.05) is 31.2 Å². The van der Waals surface area contributed by atoms with Crippen molar-refractivity contribution in [2.24, 2.45) is 22.2 Å². The first kappa shape index (κ1) is 34.1. The van der Waals surface area contributed by atoms with Gasteiger partial charge in [-0.1, -0.05) is 26.8 Å². The van der Waals surface area contributed by atoms with Crippen molar-refractivity contribution in [2.45, 2.75) is 83.3 Å². The van der Waals surface area contributed by atoms with E-state index < -0.39 is 36.3 Å². The Bertz CT molecular complexity index is 1260. The summed E-state index contributed by atoms with van der Waals surface area (Å²) in [6, 6.07) is 5.67. The quantitative estimate of drug-likeness (QED) is 0.0855. The molecule has 0 saturated carbocycles. The fourth-order valence-electron chi connectivity index (χ4n) is 4.21. The minimum Gasteiger partial charge on any atom is -0.497 e. The van der Waals surface area contributed by atoms with Crippen molar-refractivity contribution in [1.29, 1.82) is 0 Å². The first-order valence-corrected chi connectivity index (χ1v) is 14.1. The third-order valence-corrected chi connectivity index (χ3v) is 6.62. The number of carbonyl (C=O) groups is 3. The number of carboxylic acids is 1. The van der Waals surface area contributed by atoms with Crippen LogP contribution in [0.4, 0.5) is 5.69 Å². The number of rotatable bonds is 16. The van der Waals surface area contributed by atoms with Gasteiger partial charge in [-0.3, -0.25) is 19.6 Å². The Hall–Kier alpha value is -4.13. The molecule has 0 aliphatic heterocycles. The lowest BCUT2D eigenvalue weighted by Gasteiger charge is -2.21. The molecule has 1 heterocycles. The van der Waals surface area contributed by atoms with Gasteiger partial charge in [-0.2, -0.15) is 0 Å². The lowest BCUT2D eigenvalue weighted by molar-refractivity contribution is -0.143. The number of carboxylic acid groups (broad SMARTS) is 1. The highest BCUT2D eigenvalue weighted by molar-refractivity contribution is 5.92. The molecule has 1 aromatic heterocycles. The van der Waals surface area contributed by atoms with Crippen LogP contribution in [-0.2, 0) is 19.8 Å². The van der Waals surface area contributed by atoms with Gasteiger partial charge >= 0.3 is 5.97 Å². The summed E-state index contributed by atoms with van der Waals surface area (Å²) in [5, 5.41) is 19.0. The highest BCUT2D eigenvalue weighted by Crippen LogP contribution is 2.31. The molecule has 2 amide bonds. The Morgan fingerprint density at radius 2 is 1.83 bits per heavy atom. The van der Waals surface area contributed by atoms with E-state index in [0.717, 1.165) is 34.5 Å². The maximum absolute atomic E-state index is 12.4. The van der Waals surface area contributed by atoms with Crippen LogP contribution in [0.25, 0.3) is 10.9 Å². The number of nitrogens with zero attached hydrogens (tertiary/aromatic N) is 2. The summed E-state index contributed by atoms with van der Waals surface area (Å²) in [4.78, 5) is 45.1. The summed E-state index contributed by atoms with van der Waals surface area (Å²) >= 11 is 0. The van der Waals surface area contributed by atoms with Crippen LogP contribution in [0.5, 0.6) is 5.75 Å². The van der Waals surface area contributed by atoms with Crippen LogP contribution < -0.4 is 37.9 Å². The topological polar surface area (TPSA) is 220 Å². The molecule has 0 fully saturated rings. The van der Waals surface area contributed by atoms with Crippen LogP contribution >= 0.6 is 0 Å². The molecule has 2 unspecified atom stereocenters. The average molecular weight is 587 g/mol. The van der Waals surface area contributed by atoms with Gasteiger partial charge in [0.25, 0.3) is 0 Å². The first-order valence-electron chi connectivity index (χ1n) is 14.1. The molecule has 232 valence electrons. The van der Waals surface area contributed by atoms with E-state index >= 15 is 0 Å². The summed E-state index contributed by atoms with van der Waals surface area (Å²) in [5.41, 5.74) is 19.0. The predicted molar refractivity (Wildman–Crippen MR) is 164 cm³/mol. The second-order valence-electron chi connectivity index (χ2n) is 11.4. The number of hydrogen-bond acceptors (Lipinski definition) is 8. The smallest absolute Gasteiger partial charge is 0.326 e. The number of hydrogen-bond donors (Lipinski definition) is 7. The number of aliphatic imine (C=N–C) groups is 1. The van der Waals surface area contributed by atoms with Gasteiger partial charge in [-0.25, -0.2) is 4.79 Å². The Balaban J connectivity index is 1.87. The number of anilines is 1. The fourth-order valence-corrected chi connectivity index (χ4v) is 4.21. The standard InChI is InChI=1S/C29H46N8O5/c1-17(35-21-15-19(42-5)14-18-10-11-23(29(2,3)4)37-25(18)21)8-6-12-33-24(38)16-22(27(40)41)36-26(39)20(30)9-7-13-34-28(31)32/h10-11,14-15,17,20,22,35H,6-9,12-13,16,30H2,1-5H3,(H,33,38)(H,36,39)(H,40,41)(H4,31,32,34)/t17?,20-,22?/m0/s1. The minimum atomic E-state index is -1.39. The third kappa shape index (κ3) is 11.0. The number of methoxy groups -OCH3 is 1. The number of amides is 2. The van der Waals surface area contributed by atoms with Gasteiger partial charge in [0.1, 0.15) is 11.8 Å². The number of fused-ring (bicyclic) bond motifs is 1. The molecule has 0 radical (unpaired) electrons. The Morgan fingerprint density at radius 1 is 1.12 bits per heavy atom. The largest absolute Gasteiger partial charge is 0.497 e. The zero-order chi connectivity index (χ0) is 31.4. The number of aromatic nitrogens is 1. The van der Waals surface area contributed by atoms with Crippen molar-refractivity contribution < 1.29 is 24.2 Å². The van der Waals surface area contributed by atoms with Gasteiger partial charge < -0.3 is 43.0 Å². The van der Waals surface area contributed by atoms with Crippen molar-refractivity contribution in [1.82, 2.24) is 15.6 Å². The van der Waals surface area contributed by atoms with E-state index in [0.29, 0.717) is 25.9 Å². The number of nitrogens with one attached hydrogen (secondary N) is 3. The van der Waals surface area contributed by atoms with Crippen LogP contribution in [0, 0.1) is 0 Å². The molecule has 0 aliphatic carbocycles. The van der Waals surface area contributed by atoms with Crippen molar-refractivity contribution in [2.75, 3.05) is 25.5 Å². The molecule has 0 aliphatic rings. The van der Waals surface area contributed by atoms with Crippen LogP contribution in [0.3, 0.4) is 0 Å². The van der Waals surface area contributed by atoms with Crippen LogP contribution in [0.1, 0.15) is 65.5 Å². The Labute approximate surface area is 247 Å². The number of ether oxygens (including phenoxy) is 1. The molecule has 3 atom stereocenters. The second-order valence-corrected chi connectivity index (χ2v) is 11.4. The highest BCUT2D eigenvalue weighted by Gasteiger charge is 2.25. The van der Waals surface area contributed by atoms with Crippen molar-refractivity contribution in [3.63, 3.8) is 0 Å². The molecule has 0 spiro atoms. The maximum Gasteiger partial charge on any atom is 0.326 e. The number of aliphatic carboxylic acids is 1. The second kappa shape index (κ2) is 15.8. The van der Waals surface area contributed by atoms with E-state index in [-0.39, 0.29) is 23.8 Å². The van der Waals surface area contributed by atoms with Crippen molar-refractivity contribution >= 4 is 40.3 Å². The lowest BCUT2D eigenvalue weighted by atomic mass is 9.91. The fraction of sp³-hybridized carbons (Fsp3) is 0.552. The normalized spacial score (nSPS) is 13.5. The van der Waals surface area contributed by atoms with Crippen molar-refractivity contribution in [3.05, 3.63) is 30.0 Å².